The van der Waals surface area contributed by atoms with Crippen molar-refractivity contribution in [1.82, 2.24) is 16.1 Å². The standard InChI is InChI=1S/C22H28N6O4.H3N.H2/c1-15(22(2)30-12-13-31-22)21(29)26-18-11-7-10-17(25-18)14-32-27-19(20(23)28(3)24)16-8-5-4-6-9-16;;/h4-11,15,23H,12-14,24H2,1-3H3,(H,25,26,29);1H3;1H/b23-20?,27-19-;;. The molecule has 0 radical (unpaired) electrons. The molecule has 0 aliphatic carbocycles. The van der Waals surface area contributed by atoms with E-state index in [0.29, 0.717) is 36.0 Å². The molecular weight excluding hydrogens is 426 g/mol. The fraction of sp³-hybridized carbons (Fsp3) is 0.364. The number of nitrogens with one attached hydrogen (secondary N) is 2. The third-order valence-electron chi connectivity index (χ3n) is 5.09. The second-order valence-corrected chi connectivity index (χ2v) is 7.48. The van der Waals surface area contributed by atoms with Crippen LogP contribution in [0, 0.1) is 11.3 Å². The van der Waals surface area contributed by atoms with Crippen LogP contribution < -0.4 is 17.3 Å². The van der Waals surface area contributed by atoms with Crippen molar-refractivity contribution in [2.75, 3.05) is 25.6 Å². The molecule has 2 heterocycles. The zero-order chi connectivity index (χ0) is 23.1. The fourth-order valence-electron chi connectivity index (χ4n) is 3.04. The lowest BCUT2D eigenvalue weighted by atomic mass is 10.0. The molecule has 1 atom stereocenters. The number of likely N-dealkylation sites (N-methyl/N-ethyl adjacent to an activating group) is 1. The van der Waals surface area contributed by atoms with E-state index >= 15 is 0 Å². The van der Waals surface area contributed by atoms with Crippen molar-refractivity contribution in [3.63, 3.8) is 0 Å². The number of pyridine rings is 1. The molecule has 11 heteroatoms. The largest absolute Gasteiger partial charge is 0.389 e. The normalized spacial score (nSPS) is 15.8. The molecule has 1 aromatic carbocycles. The van der Waals surface area contributed by atoms with Crippen LogP contribution in [-0.4, -0.2) is 53.5 Å². The summed E-state index contributed by atoms with van der Waals surface area (Å²) in [5.41, 5.74) is 1.54. The second-order valence-electron chi connectivity index (χ2n) is 7.48. The average Bonchev–Trinajstić information content (AvgIpc) is 3.24. The number of hydrogen-bond donors (Lipinski definition) is 4. The van der Waals surface area contributed by atoms with E-state index in [0.717, 1.165) is 5.01 Å². The smallest absolute Gasteiger partial charge is 0.233 e. The number of benzene rings is 1. The molecule has 3 rings (SSSR count). The number of anilines is 1. The van der Waals surface area contributed by atoms with E-state index in [-0.39, 0.29) is 25.9 Å². The number of nitrogens with two attached hydrogens (primary N) is 1. The molecule has 1 unspecified atom stereocenters. The fourth-order valence-corrected chi connectivity index (χ4v) is 3.04. The molecule has 1 aliphatic rings. The Balaban J connectivity index is 0.00000289. The zero-order valence-corrected chi connectivity index (χ0v) is 19.1. The van der Waals surface area contributed by atoms with Gasteiger partial charge in [-0.05, 0) is 26.0 Å². The number of aromatic nitrogens is 1. The van der Waals surface area contributed by atoms with Gasteiger partial charge in [0.05, 0.1) is 24.8 Å². The summed E-state index contributed by atoms with van der Waals surface area (Å²) in [7, 11) is 1.55. The van der Waals surface area contributed by atoms with Crippen LogP contribution in [-0.2, 0) is 25.7 Å². The SMILES string of the molecule is CC(C(=O)Nc1cccc(CO/N=C(\C(=N)N(C)N)c2ccccc2)n1)C1(C)OCCO1.N.[HH]. The molecule has 11 nitrogen and oxygen atoms in total. The minimum atomic E-state index is -0.950. The third kappa shape index (κ3) is 6.56. The van der Waals surface area contributed by atoms with Crippen molar-refractivity contribution < 1.29 is 20.5 Å². The molecular formula is C22H33N7O4. The highest BCUT2D eigenvalue weighted by atomic mass is 16.7. The first kappa shape index (κ1) is 25.9. The number of amides is 1. The summed E-state index contributed by atoms with van der Waals surface area (Å²) in [6.45, 7) is 4.46. The van der Waals surface area contributed by atoms with Crippen LogP contribution in [0.1, 0.15) is 26.5 Å². The van der Waals surface area contributed by atoms with Gasteiger partial charge >= 0.3 is 0 Å². The van der Waals surface area contributed by atoms with Crippen LogP contribution in [0.25, 0.3) is 0 Å². The van der Waals surface area contributed by atoms with E-state index in [1.165, 1.54) is 0 Å². The molecule has 1 saturated heterocycles. The number of carbonyl (C=O) groups is 1. The van der Waals surface area contributed by atoms with Crippen molar-refractivity contribution >= 4 is 23.3 Å². The summed E-state index contributed by atoms with van der Waals surface area (Å²) in [4.78, 5) is 22.5. The minimum Gasteiger partial charge on any atom is -0.389 e. The Kier molecular flexibility index (Phi) is 9.00. The molecule has 0 bridgehead atoms. The van der Waals surface area contributed by atoms with E-state index in [4.69, 9.17) is 25.6 Å². The maximum Gasteiger partial charge on any atom is 0.233 e. The van der Waals surface area contributed by atoms with Gasteiger partial charge in [0, 0.05) is 14.0 Å². The van der Waals surface area contributed by atoms with E-state index in [9.17, 15) is 4.79 Å². The van der Waals surface area contributed by atoms with Gasteiger partial charge < -0.3 is 25.8 Å². The summed E-state index contributed by atoms with van der Waals surface area (Å²) in [6, 6.07) is 14.4. The molecule has 2 aromatic rings. The molecule has 1 fully saturated rings. The van der Waals surface area contributed by atoms with Gasteiger partial charge in [0.1, 0.15) is 5.82 Å². The van der Waals surface area contributed by atoms with Crippen molar-refractivity contribution in [3.8, 4) is 0 Å². The molecule has 33 heavy (non-hydrogen) atoms. The van der Waals surface area contributed by atoms with Crippen LogP contribution in [0.3, 0.4) is 0 Å². The van der Waals surface area contributed by atoms with Gasteiger partial charge in [-0.3, -0.25) is 15.2 Å². The Labute approximate surface area is 194 Å². The number of rotatable bonds is 8. The highest BCUT2D eigenvalue weighted by molar-refractivity contribution is 6.46. The Morgan fingerprint density at radius 3 is 2.61 bits per heavy atom. The van der Waals surface area contributed by atoms with Gasteiger partial charge in [0.15, 0.2) is 23.9 Å². The number of amidine groups is 1. The molecule has 1 aromatic heterocycles. The Hall–Kier alpha value is -3.38. The van der Waals surface area contributed by atoms with E-state index < -0.39 is 11.7 Å². The van der Waals surface area contributed by atoms with Gasteiger partial charge in [-0.25, -0.2) is 10.8 Å². The molecule has 7 N–H and O–H groups in total. The van der Waals surface area contributed by atoms with Gasteiger partial charge in [-0.2, -0.15) is 0 Å². The third-order valence-corrected chi connectivity index (χ3v) is 5.09. The van der Waals surface area contributed by atoms with Crippen LogP contribution in [0.15, 0.2) is 53.7 Å². The molecule has 180 valence electrons. The summed E-state index contributed by atoms with van der Waals surface area (Å²) in [5.74, 6) is 4.35. The van der Waals surface area contributed by atoms with E-state index in [1.807, 2.05) is 30.3 Å². The number of hydrogen-bond acceptors (Lipinski definition) is 9. The topological polar surface area (TPSA) is 170 Å². The molecule has 0 saturated carbocycles. The predicted octanol–water partition coefficient (Wildman–Crippen LogP) is 2.53. The molecule has 1 aliphatic heterocycles. The first-order chi connectivity index (χ1) is 15.3. The van der Waals surface area contributed by atoms with Crippen molar-refractivity contribution in [3.05, 3.63) is 59.8 Å². The Morgan fingerprint density at radius 1 is 1.30 bits per heavy atom. The van der Waals surface area contributed by atoms with Crippen LogP contribution >= 0.6 is 0 Å². The van der Waals surface area contributed by atoms with Crippen LogP contribution in [0.5, 0.6) is 0 Å². The Morgan fingerprint density at radius 2 is 1.97 bits per heavy atom. The number of nitrogens with zero attached hydrogens (tertiary/aromatic N) is 3. The van der Waals surface area contributed by atoms with Gasteiger partial charge in [0.2, 0.25) is 5.91 Å². The van der Waals surface area contributed by atoms with Gasteiger partial charge in [0.25, 0.3) is 0 Å². The van der Waals surface area contributed by atoms with E-state index in [1.54, 1.807) is 39.1 Å². The summed E-state index contributed by atoms with van der Waals surface area (Å²) < 4.78 is 11.1. The summed E-state index contributed by atoms with van der Waals surface area (Å²) >= 11 is 0. The lowest BCUT2D eigenvalue weighted by Crippen LogP contribution is -2.41. The minimum absolute atomic E-state index is 0. The summed E-state index contributed by atoms with van der Waals surface area (Å²) in [6.07, 6.45) is 0. The van der Waals surface area contributed by atoms with Gasteiger partial charge in [-0.15, -0.1) is 0 Å². The van der Waals surface area contributed by atoms with Crippen LogP contribution in [0.4, 0.5) is 5.82 Å². The molecule has 0 spiro atoms. The second kappa shape index (κ2) is 11.5. The number of carbonyl (C=O) groups excluding carboxylic acids is 1. The monoisotopic (exact) mass is 459 g/mol. The lowest BCUT2D eigenvalue weighted by Gasteiger charge is -2.28. The molecule has 1 amide bonds. The zero-order valence-electron chi connectivity index (χ0n) is 19.1. The maximum atomic E-state index is 12.6. The first-order valence-electron chi connectivity index (χ1n) is 10.2. The average molecular weight is 460 g/mol. The summed E-state index contributed by atoms with van der Waals surface area (Å²) in [5, 5.41) is 16.2. The highest BCUT2D eigenvalue weighted by Crippen LogP contribution is 2.28. The number of hydrazine groups is 1. The van der Waals surface area contributed by atoms with Crippen molar-refractivity contribution in [1.29, 1.82) is 5.41 Å². The predicted molar refractivity (Wildman–Crippen MR) is 127 cm³/mol. The number of oxime groups is 1. The highest BCUT2D eigenvalue weighted by Gasteiger charge is 2.41. The van der Waals surface area contributed by atoms with Crippen molar-refractivity contribution in [2.45, 2.75) is 26.2 Å². The Bertz CT molecular complexity index is 982. The lowest BCUT2D eigenvalue weighted by molar-refractivity contribution is -0.181. The quantitative estimate of drug-likeness (QED) is 0.202. The van der Waals surface area contributed by atoms with E-state index in [2.05, 4.69) is 15.5 Å². The van der Waals surface area contributed by atoms with Crippen molar-refractivity contribution in [2.24, 2.45) is 16.9 Å². The maximum absolute atomic E-state index is 12.6. The number of ether oxygens (including phenoxy) is 2. The van der Waals surface area contributed by atoms with Crippen LogP contribution in [0.2, 0.25) is 0 Å². The van der Waals surface area contributed by atoms with Gasteiger partial charge in [-0.1, -0.05) is 41.6 Å². The first-order valence-corrected chi connectivity index (χ1v) is 10.2.